The zero-order chi connectivity index (χ0) is 13.8. The lowest BCUT2D eigenvalue weighted by Gasteiger charge is -2.38. The first-order valence-corrected chi connectivity index (χ1v) is 7.16. The third-order valence-electron chi connectivity index (χ3n) is 3.72. The summed E-state index contributed by atoms with van der Waals surface area (Å²) in [6, 6.07) is 1.99. The summed E-state index contributed by atoms with van der Waals surface area (Å²) in [5.41, 5.74) is 1.25. The first-order valence-electron chi connectivity index (χ1n) is 6.63. The van der Waals surface area contributed by atoms with Crippen LogP contribution >= 0.6 is 11.6 Å². The average Bonchev–Trinajstić information content (AvgIpc) is 2.89. The van der Waals surface area contributed by atoms with Crippen LogP contribution in [-0.2, 0) is 11.5 Å². The Balaban J connectivity index is 2.23. The zero-order valence-corrected chi connectivity index (χ0v) is 12.2. The number of carbonyl (C=O) groups excluding carboxylic acids is 1. The molecule has 1 aromatic rings. The van der Waals surface area contributed by atoms with E-state index < -0.39 is 0 Å². The Labute approximate surface area is 119 Å². The van der Waals surface area contributed by atoms with Gasteiger partial charge in [0.2, 0.25) is 5.91 Å². The summed E-state index contributed by atoms with van der Waals surface area (Å²) in [7, 11) is 0. The molecule has 0 aromatic carbocycles. The number of amides is 1. The molecule has 1 aromatic heterocycles. The highest BCUT2D eigenvalue weighted by Crippen LogP contribution is 2.29. The van der Waals surface area contributed by atoms with Crippen molar-refractivity contribution in [3.8, 4) is 0 Å². The highest BCUT2D eigenvalue weighted by Gasteiger charge is 2.31. The molecular formula is C14H20ClN3O. The minimum Gasteiger partial charge on any atom is -0.315 e. The molecule has 0 bridgehead atoms. The van der Waals surface area contributed by atoms with Crippen molar-refractivity contribution in [2.45, 2.75) is 39.4 Å². The number of hydrogen-bond donors (Lipinski definition) is 0. The number of alkyl halides is 1. The smallest absolute Gasteiger partial charge is 0.239 e. The molecule has 0 radical (unpaired) electrons. The van der Waals surface area contributed by atoms with E-state index in [1.165, 1.54) is 5.57 Å². The Morgan fingerprint density at radius 2 is 2.42 bits per heavy atom. The van der Waals surface area contributed by atoms with Crippen LogP contribution in [0.2, 0.25) is 0 Å². The minimum atomic E-state index is -0.0383. The number of rotatable bonds is 4. The molecule has 1 heterocycles. The summed E-state index contributed by atoms with van der Waals surface area (Å²) in [5.74, 6) is 0.425. The van der Waals surface area contributed by atoms with Gasteiger partial charge in [-0.05, 0) is 31.7 Å². The lowest BCUT2D eigenvalue weighted by molar-refractivity contribution is -0.133. The summed E-state index contributed by atoms with van der Waals surface area (Å²) in [6.45, 7) is 4.75. The van der Waals surface area contributed by atoms with Gasteiger partial charge in [-0.3, -0.25) is 9.48 Å². The van der Waals surface area contributed by atoms with Gasteiger partial charge in [0.1, 0.15) is 12.5 Å². The van der Waals surface area contributed by atoms with Gasteiger partial charge in [-0.2, -0.15) is 5.10 Å². The fourth-order valence-corrected chi connectivity index (χ4v) is 2.95. The summed E-state index contributed by atoms with van der Waals surface area (Å²) in [5, 5.41) is 4.18. The molecule has 104 valence electrons. The molecule has 5 heteroatoms. The molecule has 1 amide bonds. The van der Waals surface area contributed by atoms with Gasteiger partial charge in [0.25, 0.3) is 0 Å². The molecule has 2 rings (SSSR count). The Bertz CT molecular complexity index is 455. The van der Waals surface area contributed by atoms with E-state index in [4.69, 9.17) is 11.6 Å². The van der Waals surface area contributed by atoms with Crippen molar-refractivity contribution in [3.05, 3.63) is 30.1 Å². The van der Waals surface area contributed by atoms with E-state index in [0.29, 0.717) is 12.6 Å². The molecular weight excluding hydrogens is 262 g/mol. The van der Waals surface area contributed by atoms with Gasteiger partial charge in [0, 0.05) is 12.4 Å². The summed E-state index contributed by atoms with van der Waals surface area (Å²) >= 11 is 5.76. The van der Waals surface area contributed by atoms with Crippen molar-refractivity contribution < 1.29 is 4.79 Å². The lowest BCUT2D eigenvalue weighted by atomic mass is 9.85. The Hall–Kier alpha value is -1.29. The predicted octanol–water partition coefficient (Wildman–Crippen LogP) is 2.65. The maximum Gasteiger partial charge on any atom is 0.239 e. The molecule has 2 atom stereocenters. The molecule has 1 aliphatic carbocycles. The summed E-state index contributed by atoms with van der Waals surface area (Å²) < 4.78 is 1.76. The van der Waals surface area contributed by atoms with E-state index in [-0.39, 0.29) is 17.8 Å². The maximum atomic E-state index is 12.2. The van der Waals surface area contributed by atoms with Gasteiger partial charge >= 0.3 is 0 Å². The predicted molar refractivity (Wildman–Crippen MR) is 75.7 cm³/mol. The van der Waals surface area contributed by atoms with Crippen LogP contribution in [0.15, 0.2) is 30.1 Å². The molecule has 0 spiro atoms. The van der Waals surface area contributed by atoms with Crippen molar-refractivity contribution in [2.24, 2.45) is 5.92 Å². The normalized spacial score (nSPS) is 23.0. The first-order chi connectivity index (χ1) is 9.13. The van der Waals surface area contributed by atoms with Crippen LogP contribution in [0, 0.1) is 5.92 Å². The summed E-state index contributed by atoms with van der Waals surface area (Å²) in [6.07, 6.45) is 8.00. The second-order valence-electron chi connectivity index (χ2n) is 5.13. The van der Waals surface area contributed by atoms with Crippen molar-refractivity contribution in [3.63, 3.8) is 0 Å². The third kappa shape index (κ3) is 3.18. The topological polar surface area (TPSA) is 38.1 Å². The van der Waals surface area contributed by atoms with E-state index >= 15 is 0 Å². The van der Waals surface area contributed by atoms with Crippen LogP contribution in [0.5, 0.6) is 0 Å². The lowest BCUT2D eigenvalue weighted by Crippen LogP contribution is -2.47. The zero-order valence-electron chi connectivity index (χ0n) is 11.4. The molecule has 1 aliphatic rings. The minimum absolute atomic E-state index is 0.0117. The number of allylic oxidation sites excluding steroid dienone is 1. The molecule has 0 saturated heterocycles. The standard InChI is InChI=1S/C14H20ClN3O/c1-11-5-3-6-12(2)14(11)18(13(19)9-15)10-17-8-4-7-16-17/h4-5,7-8,12,14H,3,6,9-10H2,1-2H3. The van der Waals surface area contributed by atoms with E-state index in [1.54, 1.807) is 10.9 Å². The number of hydrogen-bond acceptors (Lipinski definition) is 2. The fraction of sp³-hybridized carbons (Fsp3) is 0.571. The van der Waals surface area contributed by atoms with Crippen LogP contribution in [0.4, 0.5) is 0 Å². The Morgan fingerprint density at radius 1 is 1.63 bits per heavy atom. The highest BCUT2D eigenvalue weighted by atomic mass is 35.5. The number of nitrogens with zero attached hydrogens (tertiary/aromatic N) is 3. The number of halogens is 1. The number of aromatic nitrogens is 2. The first kappa shape index (κ1) is 14.1. The quantitative estimate of drug-likeness (QED) is 0.629. The van der Waals surface area contributed by atoms with Crippen LogP contribution in [0.3, 0.4) is 0 Å². The SMILES string of the molecule is CC1=CCCC(C)C1N(Cn1cccn1)C(=O)CCl. The molecule has 0 aliphatic heterocycles. The van der Waals surface area contributed by atoms with Crippen LogP contribution in [-0.4, -0.2) is 32.5 Å². The second-order valence-corrected chi connectivity index (χ2v) is 5.40. The Kier molecular flexibility index (Phi) is 4.64. The van der Waals surface area contributed by atoms with Crippen molar-refractivity contribution in [1.82, 2.24) is 14.7 Å². The third-order valence-corrected chi connectivity index (χ3v) is 3.95. The van der Waals surface area contributed by atoms with Crippen LogP contribution in [0.25, 0.3) is 0 Å². The van der Waals surface area contributed by atoms with E-state index in [0.717, 1.165) is 12.8 Å². The van der Waals surface area contributed by atoms with Crippen molar-refractivity contribution in [2.75, 3.05) is 5.88 Å². The highest BCUT2D eigenvalue weighted by molar-refractivity contribution is 6.27. The fourth-order valence-electron chi connectivity index (χ4n) is 2.79. The van der Waals surface area contributed by atoms with Crippen molar-refractivity contribution in [1.29, 1.82) is 0 Å². The Morgan fingerprint density at radius 3 is 3.00 bits per heavy atom. The second kappa shape index (κ2) is 6.24. The van der Waals surface area contributed by atoms with Gasteiger partial charge in [-0.15, -0.1) is 11.6 Å². The maximum absolute atomic E-state index is 12.2. The number of carbonyl (C=O) groups is 1. The van der Waals surface area contributed by atoms with Crippen molar-refractivity contribution >= 4 is 17.5 Å². The van der Waals surface area contributed by atoms with Gasteiger partial charge in [0.05, 0.1) is 6.04 Å². The average molecular weight is 282 g/mol. The van der Waals surface area contributed by atoms with Gasteiger partial charge in [-0.25, -0.2) is 0 Å². The summed E-state index contributed by atoms with van der Waals surface area (Å²) in [4.78, 5) is 14.0. The van der Waals surface area contributed by atoms with Gasteiger partial charge < -0.3 is 4.90 Å². The molecule has 2 unspecified atom stereocenters. The molecule has 0 saturated carbocycles. The monoisotopic (exact) mass is 281 g/mol. The largest absolute Gasteiger partial charge is 0.315 e. The van der Waals surface area contributed by atoms with Crippen LogP contribution in [0.1, 0.15) is 26.7 Å². The van der Waals surface area contributed by atoms with Gasteiger partial charge in [-0.1, -0.05) is 18.6 Å². The molecule has 19 heavy (non-hydrogen) atoms. The van der Waals surface area contributed by atoms with E-state index in [9.17, 15) is 4.79 Å². The molecule has 0 N–H and O–H groups in total. The van der Waals surface area contributed by atoms with Crippen LogP contribution < -0.4 is 0 Å². The molecule has 4 nitrogen and oxygen atoms in total. The van der Waals surface area contributed by atoms with E-state index in [2.05, 4.69) is 25.0 Å². The molecule has 0 fully saturated rings. The van der Waals surface area contributed by atoms with E-state index in [1.807, 2.05) is 17.2 Å². The van der Waals surface area contributed by atoms with Gasteiger partial charge in [0.15, 0.2) is 0 Å².